The number of carbonyl (C=O) groups excluding carboxylic acids is 2. The highest BCUT2D eigenvalue weighted by Gasteiger charge is 2.24. The molecular weight excluding hydrogens is 484 g/mol. The fourth-order valence-electron chi connectivity index (χ4n) is 3.76. The molecule has 0 aliphatic heterocycles. The van der Waals surface area contributed by atoms with E-state index in [1.54, 1.807) is 19.2 Å². The molecule has 0 radical (unpaired) electrons. The second kappa shape index (κ2) is 11.3. The van der Waals surface area contributed by atoms with Crippen molar-refractivity contribution in [1.82, 2.24) is 15.5 Å². The van der Waals surface area contributed by atoms with Gasteiger partial charge >= 0.3 is 0 Å². The van der Waals surface area contributed by atoms with E-state index in [9.17, 15) is 9.59 Å². The number of carbonyl (C=O) groups is 2. The van der Waals surface area contributed by atoms with Crippen molar-refractivity contribution in [2.45, 2.75) is 38.6 Å². The zero-order valence-electron chi connectivity index (χ0n) is 21.3. The Bertz CT molecular complexity index is 1360. The van der Waals surface area contributed by atoms with Gasteiger partial charge in [-0.05, 0) is 40.8 Å². The molecule has 1 atom stereocenters. The second-order valence-electron chi connectivity index (χ2n) is 9.68. The number of nitrogens with one attached hydrogen (secondary N) is 2. The van der Waals surface area contributed by atoms with Crippen LogP contribution in [0.4, 0.5) is 5.13 Å². The average molecular weight is 515 g/mol. The maximum Gasteiger partial charge on any atom is 0.251 e. The molecule has 0 saturated carbocycles. The van der Waals surface area contributed by atoms with E-state index < -0.39 is 6.04 Å². The van der Waals surface area contributed by atoms with Crippen molar-refractivity contribution in [3.8, 4) is 16.3 Å². The lowest BCUT2D eigenvalue weighted by atomic mass is 9.86. The van der Waals surface area contributed by atoms with Gasteiger partial charge in [0.25, 0.3) is 5.91 Å². The number of nitrogens with zero attached hydrogens (tertiary/aromatic N) is 2. The van der Waals surface area contributed by atoms with E-state index in [1.165, 1.54) is 11.3 Å². The maximum absolute atomic E-state index is 13.3. The van der Waals surface area contributed by atoms with Crippen LogP contribution < -0.4 is 15.4 Å². The van der Waals surface area contributed by atoms with Crippen molar-refractivity contribution in [3.05, 3.63) is 95.6 Å². The van der Waals surface area contributed by atoms with Crippen LogP contribution in [0.15, 0.2) is 78.9 Å². The fraction of sp³-hybridized carbons (Fsp3) is 0.241. The predicted octanol–water partition coefficient (Wildman–Crippen LogP) is 5.49. The van der Waals surface area contributed by atoms with Gasteiger partial charge < -0.3 is 10.1 Å². The summed E-state index contributed by atoms with van der Waals surface area (Å²) in [6.45, 7) is 6.36. The molecule has 1 aromatic heterocycles. The molecule has 0 fully saturated rings. The predicted molar refractivity (Wildman–Crippen MR) is 147 cm³/mol. The molecular formula is C29H30N4O3S. The number of amides is 2. The minimum Gasteiger partial charge on any atom is -0.497 e. The van der Waals surface area contributed by atoms with Crippen LogP contribution in [0.2, 0.25) is 0 Å². The SMILES string of the molecule is COc1cccc(-c2nnc(NC(=O)C(Cc3ccccc3)NC(=O)c3ccc(C(C)(C)C)cc3)s2)c1. The molecule has 3 aromatic carbocycles. The number of aromatic nitrogens is 2. The van der Waals surface area contributed by atoms with Crippen molar-refractivity contribution in [3.63, 3.8) is 0 Å². The van der Waals surface area contributed by atoms with Crippen LogP contribution in [0.1, 0.15) is 42.3 Å². The lowest BCUT2D eigenvalue weighted by molar-refractivity contribution is -0.118. The zero-order valence-corrected chi connectivity index (χ0v) is 22.1. The highest BCUT2D eigenvalue weighted by molar-refractivity contribution is 7.18. The summed E-state index contributed by atoms with van der Waals surface area (Å²) in [5.41, 5.74) is 3.38. The third kappa shape index (κ3) is 6.80. The Kier molecular flexibility index (Phi) is 7.98. The Morgan fingerprint density at radius 1 is 0.946 bits per heavy atom. The molecule has 190 valence electrons. The van der Waals surface area contributed by atoms with E-state index in [-0.39, 0.29) is 17.2 Å². The van der Waals surface area contributed by atoms with Gasteiger partial charge in [0.2, 0.25) is 11.0 Å². The summed E-state index contributed by atoms with van der Waals surface area (Å²) in [6.07, 6.45) is 0.333. The summed E-state index contributed by atoms with van der Waals surface area (Å²) in [7, 11) is 1.60. The van der Waals surface area contributed by atoms with Crippen LogP contribution in [0.25, 0.3) is 10.6 Å². The maximum atomic E-state index is 13.3. The molecule has 0 saturated heterocycles. The Balaban J connectivity index is 1.51. The van der Waals surface area contributed by atoms with Crippen molar-refractivity contribution >= 4 is 28.3 Å². The van der Waals surface area contributed by atoms with Gasteiger partial charge in [-0.15, -0.1) is 10.2 Å². The number of hydrogen-bond donors (Lipinski definition) is 2. The quantitative estimate of drug-likeness (QED) is 0.324. The van der Waals surface area contributed by atoms with E-state index in [1.807, 2.05) is 66.7 Å². The molecule has 2 N–H and O–H groups in total. The second-order valence-corrected chi connectivity index (χ2v) is 10.7. The standard InChI is InChI=1S/C29H30N4O3S/c1-29(2,3)22-15-13-20(14-16-22)25(34)30-24(17-19-9-6-5-7-10-19)26(35)31-28-33-32-27(37-28)21-11-8-12-23(18-21)36-4/h5-16,18,24H,17H2,1-4H3,(H,30,34)(H,31,33,35). The Hall–Kier alpha value is -4.04. The highest BCUT2D eigenvalue weighted by atomic mass is 32.1. The largest absolute Gasteiger partial charge is 0.497 e. The average Bonchev–Trinajstić information content (AvgIpc) is 3.37. The minimum absolute atomic E-state index is 0.0176. The third-order valence-electron chi connectivity index (χ3n) is 5.89. The highest BCUT2D eigenvalue weighted by Crippen LogP contribution is 2.29. The number of methoxy groups -OCH3 is 1. The van der Waals surface area contributed by atoms with Gasteiger partial charge in [0.15, 0.2) is 0 Å². The van der Waals surface area contributed by atoms with Crippen molar-refractivity contribution in [1.29, 1.82) is 0 Å². The summed E-state index contributed by atoms with van der Waals surface area (Å²) in [6, 6.07) is 23.7. The van der Waals surface area contributed by atoms with Crippen LogP contribution in [0.5, 0.6) is 5.75 Å². The van der Waals surface area contributed by atoms with Crippen LogP contribution in [0, 0.1) is 0 Å². The monoisotopic (exact) mass is 514 g/mol. The van der Waals surface area contributed by atoms with Crippen LogP contribution >= 0.6 is 11.3 Å². The molecule has 1 unspecified atom stereocenters. The van der Waals surface area contributed by atoms with Crippen molar-refractivity contribution in [2.24, 2.45) is 0 Å². The summed E-state index contributed by atoms with van der Waals surface area (Å²) in [5.74, 6) is 0.0298. The lowest BCUT2D eigenvalue weighted by Crippen LogP contribution is -2.45. The topological polar surface area (TPSA) is 93.2 Å². The third-order valence-corrected chi connectivity index (χ3v) is 6.78. The van der Waals surface area contributed by atoms with E-state index >= 15 is 0 Å². The first kappa shape index (κ1) is 26.0. The molecule has 4 aromatic rings. The lowest BCUT2D eigenvalue weighted by Gasteiger charge is -2.20. The van der Waals surface area contributed by atoms with Gasteiger partial charge in [-0.1, -0.05) is 86.7 Å². The number of rotatable bonds is 8. The Labute approximate surface area is 220 Å². The number of anilines is 1. The van der Waals surface area contributed by atoms with Gasteiger partial charge in [-0.3, -0.25) is 14.9 Å². The molecule has 0 aliphatic rings. The number of hydrogen-bond acceptors (Lipinski definition) is 6. The number of benzene rings is 3. The van der Waals surface area contributed by atoms with Crippen molar-refractivity contribution in [2.75, 3.05) is 12.4 Å². The molecule has 4 rings (SSSR count). The number of ether oxygens (including phenoxy) is 1. The molecule has 1 heterocycles. The Morgan fingerprint density at radius 2 is 1.68 bits per heavy atom. The fourth-order valence-corrected chi connectivity index (χ4v) is 4.50. The van der Waals surface area contributed by atoms with Crippen LogP contribution in [0.3, 0.4) is 0 Å². The van der Waals surface area contributed by atoms with E-state index in [4.69, 9.17) is 4.74 Å². The zero-order chi connectivity index (χ0) is 26.4. The van der Waals surface area contributed by atoms with Crippen LogP contribution in [-0.2, 0) is 16.6 Å². The normalized spacial score (nSPS) is 12.0. The smallest absolute Gasteiger partial charge is 0.251 e. The van der Waals surface area contributed by atoms with Gasteiger partial charge in [-0.25, -0.2) is 0 Å². The first-order valence-corrected chi connectivity index (χ1v) is 12.8. The minimum atomic E-state index is -0.804. The molecule has 0 spiro atoms. The van der Waals surface area contributed by atoms with Crippen LogP contribution in [-0.4, -0.2) is 35.2 Å². The molecule has 0 bridgehead atoms. The van der Waals surface area contributed by atoms with E-state index in [2.05, 4.69) is 41.6 Å². The van der Waals surface area contributed by atoms with Gasteiger partial charge in [0.05, 0.1) is 7.11 Å². The van der Waals surface area contributed by atoms with Crippen molar-refractivity contribution < 1.29 is 14.3 Å². The molecule has 2 amide bonds. The van der Waals surface area contributed by atoms with Gasteiger partial charge in [0.1, 0.15) is 16.8 Å². The summed E-state index contributed by atoms with van der Waals surface area (Å²) >= 11 is 1.25. The first-order chi connectivity index (χ1) is 17.7. The molecule has 8 heteroatoms. The van der Waals surface area contributed by atoms with Gasteiger partial charge in [-0.2, -0.15) is 0 Å². The van der Waals surface area contributed by atoms with E-state index in [0.717, 1.165) is 16.7 Å². The Morgan fingerprint density at radius 3 is 2.35 bits per heavy atom. The molecule has 37 heavy (non-hydrogen) atoms. The van der Waals surface area contributed by atoms with Gasteiger partial charge in [0, 0.05) is 17.5 Å². The summed E-state index contributed by atoms with van der Waals surface area (Å²) < 4.78 is 5.28. The summed E-state index contributed by atoms with van der Waals surface area (Å²) in [4.78, 5) is 26.4. The summed E-state index contributed by atoms with van der Waals surface area (Å²) in [5, 5.41) is 15.1. The van der Waals surface area contributed by atoms with E-state index in [0.29, 0.717) is 27.9 Å². The molecule has 0 aliphatic carbocycles. The molecule has 7 nitrogen and oxygen atoms in total. The first-order valence-electron chi connectivity index (χ1n) is 12.0.